The van der Waals surface area contributed by atoms with Crippen LogP contribution in [0, 0.1) is 11.8 Å². The number of rotatable bonds is 7. The molecule has 0 atom stereocenters. The molecule has 0 aromatic heterocycles. The number of aliphatic imine (C=N–C) groups is 1. The fourth-order valence-corrected chi connectivity index (χ4v) is 4.15. The van der Waals surface area contributed by atoms with Gasteiger partial charge in [-0.1, -0.05) is 19.3 Å². The van der Waals surface area contributed by atoms with E-state index in [4.69, 9.17) is 0 Å². The number of hydrogen-bond donors (Lipinski definition) is 3. The molecule has 2 amide bonds. The molecule has 1 heterocycles. The Bertz CT molecular complexity index is 495. The molecule has 1 aliphatic heterocycles. The average molecular weight is 380 g/mol. The van der Waals surface area contributed by atoms with Gasteiger partial charge in [-0.25, -0.2) is 0 Å². The Hall–Kier alpha value is -1.79. The van der Waals surface area contributed by atoms with E-state index in [1.54, 1.807) is 14.1 Å². The number of piperidine rings is 1. The van der Waals surface area contributed by atoms with E-state index in [1.807, 2.05) is 0 Å². The summed E-state index contributed by atoms with van der Waals surface area (Å²) in [4.78, 5) is 30.2. The van der Waals surface area contributed by atoms with E-state index in [9.17, 15) is 9.59 Å². The normalized spacial score (nSPS) is 19.6. The van der Waals surface area contributed by atoms with Gasteiger partial charge in [-0.3, -0.25) is 14.6 Å². The highest BCUT2D eigenvalue weighted by Gasteiger charge is 2.23. The van der Waals surface area contributed by atoms with E-state index in [-0.39, 0.29) is 11.8 Å². The van der Waals surface area contributed by atoms with E-state index in [2.05, 4.69) is 25.8 Å². The molecule has 1 saturated carbocycles. The van der Waals surface area contributed by atoms with Crippen molar-refractivity contribution in [3.8, 4) is 0 Å². The fourth-order valence-electron chi connectivity index (χ4n) is 4.15. The van der Waals surface area contributed by atoms with E-state index in [1.165, 1.54) is 32.1 Å². The lowest BCUT2D eigenvalue weighted by Crippen LogP contribution is -2.47. The Kier molecular flexibility index (Phi) is 9.42. The highest BCUT2D eigenvalue weighted by atomic mass is 16.2. The van der Waals surface area contributed by atoms with Crippen LogP contribution in [0.1, 0.15) is 57.8 Å². The van der Waals surface area contributed by atoms with Crippen molar-refractivity contribution in [3.05, 3.63) is 0 Å². The third-order valence-electron chi connectivity index (χ3n) is 5.81. The summed E-state index contributed by atoms with van der Waals surface area (Å²) in [6, 6.07) is 0. The number of nitrogens with one attached hydrogen (secondary N) is 3. The topological polar surface area (TPSA) is 85.8 Å². The lowest BCUT2D eigenvalue weighted by atomic mass is 9.87. The minimum Gasteiger partial charge on any atom is -0.359 e. The van der Waals surface area contributed by atoms with Crippen LogP contribution in [-0.2, 0) is 9.59 Å². The van der Waals surface area contributed by atoms with Crippen molar-refractivity contribution in [3.63, 3.8) is 0 Å². The van der Waals surface area contributed by atoms with Crippen LogP contribution in [-0.4, -0.2) is 62.9 Å². The molecule has 154 valence electrons. The zero-order valence-electron chi connectivity index (χ0n) is 17.1. The van der Waals surface area contributed by atoms with Gasteiger partial charge in [0.05, 0.1) is 0 Å². The van der Waals surface area contributed by atoms with Crippen LogP contribution in [0.4, 0.5) is 0 Å². The number of carbonyl (C=O) groups is 2. The number of amides is 2. The molecular formula is C20H37N5O2. The van der Waals surface area contributed by atoms with E-state index >= 15 is 0 Å². The maximum absolute atomic E-state index is 12.1. The lowest BCUT2D eigenvalue weighted by Gasteiger charge is -2.34. The van der Waals surface area contributed by atoms with Gasteiger partial charge in [-0.2, -0.15) is 0 Å². The highest BCUT2D eigenvalue weighted by Crippen LogP contribution is 2.26. The molecule has 2 rings (SSSR count). The zero-order chi connectivity index (χ0) is 19.5. The van der Waals surface area contributed by atoms with Crippen LogP contribution in [0.25, 0.3) is 0 Å². The van der Waals surface area contributed by atoms with Crippen molar-refractivity contribution in [2.24, 2.45) is 16.8 Å². The Morgan fingerprint density at radius 2 is 1.48 bits per heavy atom. The molecular weight excluding hydrogens is 342 g/mol. The molecule has 7 heteroatoms. The van der Waals surface area contributed by atoms with Crippen molar-refractivity contribution in [2.75, 3.05) is 40.3 Å². The second-order valence-corrected chi connectivity index (χ2v) is 7.84. The van der Waals surface area contributed by atoms with Gasteiger partial charge < -0.3 is 20.9 Å². The summed E-state index contributed by atoms with van der Waals surface area (Å²) in [6.45, 7) is 3.13. The molecule has 0 unspecified atom stereocenters. The largest absolute Gasteiger partial charge is 0.359 e. The van der Waals surface area contributed by atoms with Crippen molar-refractivity contribution >= 4 is 17.8 Å². The first-order valence-electron chi connectivity index (χ1n) is 10.5. The molecule has 2 aliphatic rings. The summed E-state index contributed by atoms with van der Waals surface area (Å²) >= 11 is 0. The SMILES string of the molecule is CN=C(NCCNC(=O)CC1CCCCC1)N1CCC(CC(=O)NC)CC1. The van der Waals surface area contributed by atoms with Crippen molar-refractivity contribution in [1.29, 1.82) is 0 Å². The minimum absolute atomic E-state index is 0.125. The molecule has 0 spiro atoms. The zero-order valence-corrected chi connectivity index (χ0v) is 17.1. The summed E-state index contributed by atoms with van der Waals surface area (Å²) in [5, 5.41) is 9.08. The van der Waals surface area contributed by atoms with Gasteiger partial charge >= 0.3 is 0 Å². The first-order valence-corrected chi connectivity index (χ1v) is 10.5. The highest BCUT2D eigenvalue weighted by molar-refractivity contribution is 5.80. The molecule has 7 nitrogen and oxygen atoms in total. The Labute approximate surface area is 163 Å². The smallest absolute Gasteiger partial charge is 0.220 e. The third kappa shape index (κ3) is 7.77. The molecule has 0 radical (unpaired) electrons. The van der Waals surface area contributed by atoms with Gasteiger partial charge in [-0.05, 0) is 37.5 Å². The van der Waals surface area contributed by atoms with Crippen LogP contribution in [0.15, 0.2) is 4.99 Å². The molecule has 2 fully saturated rings. The average Bonchev–Trinajstić information content (AvgIpc) is 2.69. The maximum Gasteiger partial charge on any atom is 0.220 e. The first-order chi connectivity index (χ1) is 13.1. The maximum atomic E-state index is 12.1. The number of carbonyl (C=O) groups excluding carboxylic acids is 2. The first kappa shape index (κ1) is 21.5. The van der Waals surface area contributed by atoms with Gasteiger partial charge in [0.1, 0.15) is 0 Å². The van der Waals surface area contributed by atoms with E-state index < -0.39 is 0 Å². The predicted octanol–water partition coefficient (Wildman–Crippen LogP) is 1.50. The standard InChI is InChI=1S/C20H37N5O2/c1-21-18(26)14-17-8-12-25(13-9-17)20(22-2)24-11-10-23-19(27)15-16-6-4-3-5-7-16/h16-17H,3-15H2,1-2H3,(H,21,26)(H,22,24)(H,23,27). The Morgan fingerprint density at radius 1 is 0.889 bits per heavy atom. The molecule has 3 N–H and O–H groups in total. The molecule has 0 aromatic carbocycles. The number of guanidine groups is 1. The monoisotopic (exact) mass is 379 g/mol. The summed E-state index contributed by atoms with van der Waals surface area (Å²) < 4.78 is 0. The van der Waals surface area contributed by atoms with Crippen LogP contribution in [0.2, 0.25) is 0 Å². The Morgan fingerprint density at radius 3 is 2.11 bits per heavy atom. The second-order valence-electron chi connectivity index (χ2n) is 7.84. The molecule has 1 aliphatic carbocycles. The Balaban J connectivity index is 1.60. The van der Waals surface area contributed by atoms with Crippen LogP contribution in [0.3, 0.4) is 0 Å². The predicted molar refractivity (Wildman–Crippen MR) is 109 cm³/mol. The van der Waals surface area contributed by atoms with Crippen molar-refractivity contribution in [1.82, 2.24) is 20.9 Å². The van der Waals surface area contributed by atoms with Gasteiger partial charge in [-0.15, -0.1) is 0 Å². The number of hydrogen-bond acceptors (Lipinski definition) is 3. The van der Waals surface area contributed by atoms with Gasteiger partial charge in [0.2, 0.25) is 11.8 Å². The van der Waals surface area contributed by atoms with Crippen LogP contribution in [0.5, 0.6) is 0 Å². The quantitative estimate of drug-likeness (QED) is 0.355. The third-order valence-corrected chi connectivity index (χ3v) is 5.81. The summed E-state index contributed by atoms with van der Waals surface area (Å²) in [5.41, 5.74) is 0. The minimum atomic E-state index is 0.125. The second kappa shape index (κ2) is 11.8. The van der Waals surface area contributed by atoms with E-state index in [0.29, 0.717) is 37.8 Å². The summed E-state index contributed by atoms with van der Waals surface area (Å²) in [6.07, 6.45) is 9.58. The van der Waals surface area contributed by atoms with Gasteiger partial charge in [0, 0.05) is 53.1 Å². The van der Waals surface area contributed by atoms with Crippen LogP contribution < -0.4 is 16.0 Å². The lowest BCUT2D eigenvalue weighted by molar-refractivity contribution is -0.122. The summed E-state index contributed by atoms with van der Waals surface area (Å²) in [7, 11) is 3.48. The number of nitrogens with zero attached hydrogens (tertiary/aromatic N) is 2. The molecule has 27 heavy (non-hydrogen) atoms. The van der Waals surface area contributed by atoms with Crippen LogP contribution >= 0.6 is 0 Å². The fraction of sp³-hybridized carbons (Fsp3) is 0.850. The molecule has 1 saturated heterocycles. The van der Waals surface area contributed by atoms with Gasteiger partial charge in [0.25, 0.3) is 0 Å². The molecule has 0 aromatic rings. The molecule has 0 bridgehead atoms. The number of likely N-dealkylation sites (tertiary alicyclic amines) is 1. The van der Waals surface area contributed by atoms with Gasteiger partial charge in [0.15, 0.2) is 5.96 Å². The van der Waals surface area contributed by atoms with Crippen molar-refractivity contribution < 1.29 is 9.59 Å². The van der Waals surface area contributed by atoms with E-state index in [0.717, 1.165) is 31.9 Å². The summed E-state index contributed by atoms with van der Waals surface area (Å²) in [5.74, 6) is 2.22. The van der Waals surface area contributed by atoms with Crippen molar-refractivity contribution in [2.45, 2.75) is 57.8 Å².